The van der Waals surface area contributed by atoms with Crippen molar-refractivity contribution in [3.63, 3.8) is 0 Å². The molecule has 1 aromatic carbocycles. The lowest BCUT2D eigenvalue weighted by atomic mass is 9.84. The predicted molar refractivity (Wildman–Crippen MR) is 146 cm³/mol. The largest absolute Gasteiger partial charge is 0.366 e. The summed E-state index contributed by atoms with van der Waals surface area (Å²) < 4.78 is 0. The zero-order chi connectivity index (χ0) is 24.9. The van der Waals surface area contributed by atoms with Crippen molar-refractivity contribution in [1.29, 1.82) is 0 Å². The van der Waals surface area contributed by atoms with Gasteiger partial charge in [0.25, 0.3) is 0 Å². The van der Waals surface area contributed by atoms with Crippen LogP contribution in [-0.4, -0.2) is 61.0 Å². The Hall–Kier alpha value is -2.01. The van der Waals surface area contributed by atoms with Gasteiger partial charge in [-0.3, -0.25) is 4.79 Å². The van der Waals surface area contributed by atoms with Crippen LogP contribution in [0.3, 0.4) is 0 Å². The Morgan fingerprint density at radius 1 is 0.971 bits per heavy atom. The van der Waals surface area contributed by atoms with Crippen molar-refractivity contribution in [3.8, 4) is 0 Å². The Morgan fingerprint density at radius 3 is 2.12 bits per heavy atom. The third kappa shape index (κ3) is 10.9. The van der Waals surface area contributed by atoms with Gasteiger partial charge in [-0.1, -0.05) is 64.2 Å². The second-order valence-corrected chi connectivity index (χ2v) is 10.6. The number of Topliss-reactive ketones (excluding diaryl/α,β-unsaturated/α-hetero) is 1. The number of amidine groups is 2. The number of benzene rings is 1. The van der Waals surface area contributed by atoms with E-state index in [0.29, 0.717) is 5.78 Å². The summed E-state index contributed by atoms with van der Waals surface area (Å²) in [6, 6.07) is 8.20. The molecule has 5 heteroatoms. The van der Waals surface area contributed by atoms with Crippen molar-refractivity contribution < 1.29 is 4.79 Å². The summed E-state index contributed by atoms with van der Waals surface area (Å²) in [5.41, 5.74) is 2.28. The molecule has 4 rings (SSSR count). The Balaban J connectivity index is 0.000000190. The molecule has 0 atom stereocenters. The normalized spacial score (nSPS) is 22.4. The zero-order valence-electron chi connectivity index (χ0n) is 22.6. The maximum absolute atomic E-state index is 10.7. The SMILES string of the molecule is CC(=O)CCN1CCCCC1.CC1=Nc2ccccc2CC(N(C)C)=N1.CC1CCC(C)CC1. The number of para-hydroxylation sites is 1. The number of hydrogen-bond acceptors (Lipinski definition) is 5. The molecule has 1 aliphatic carbocycles. The molecule has 0 radical (unpaired) electrons. The highest BCUT2D eigenvalue weighted by Gasteiger charge is 2.13. The lowest BCUT2D eigenvalue weighted by Gasteiger charge is -2.25. The average Bonchev–Trinajstić information content (AvgIpc) is 2.99. The van der Waals surface area contributed by atoms with Gasteiger partial charge in [-0.05, 0) is 63.2 Å². The quantitative estimate of drug-likeness (QED) is 0.506. The molecule has 0 bridgehead atoms. The molecule has 0 N–H and O–H groups in total. The van der Waals surface area contributed by atoms with Gasteiger partial charge in [0.2, 0.25) is 0 Å². The average molecular weight is 469 g/mol. The minimum Gasteiger partial charge on any atom is -0.366 e. The summed E-state index contributed by atoms with van der Waals surface area (Å²) in [6.45, 7) is 11.7. The maximum atomic E-state index is 10.7. The molecule has 190 valence electrons. The Kier molecular flexibility index (Phi) is 12.5. The first kappa shape index (κ1) is 28.2. The van der Waals surface area contributed by atoms with Crippen molar-refractivity contribution in [2.75, 3.05) is 33.7 Å². The van der Waals surface area contributed by atoms with Crippen molar-refractivity contribution >= 4 is 23.1 Å². The fraction of sp³-hybridized carbons (Fsp3) is 0.690. The number of carbonyl (C=O) groups is 1. The van der Waals surface area contributed by atoms with Crippen LogP contribution >= 0.6 is 0 Å². The maximum Gasteiger partial charge on any atom is 0.131 e. The minimum atomic E-state index is 0.315. The Morgan fingerprint density at radius 2 is 1.56 bits per heavy atom. The fourth-order valence-electron chi connectivity index (χ4n) is 4.55. The van der Waals surface area contributed by atoms with Crippen LogP contribution < -0.4 is 0 Å². The molecule has 5 nitrogen and oxygen atoms in total. The molecule has 0 aromatic heterocycles. The molecule has 2 heterocycles. The summed E-state index contributed by atoms with van der Waals surface area (Å²) in [4.78, 5) is 24.1. The van der Waals surface area contributed by atoms with Gasteiger partial charge >= 0.3 is 0 Å². The molecule has 2 fully saturated rings. The molecule has 0 unspecified atom stereocenters. The molecule has 3 aliphatic rings. The molecular formula is C29H48N4O. The Labute approximate surface area is 208 Å². The van der Waals surface area contributed by atoms with E-state index in [1.54, 1.807) is 6.92 Å². The first-order valence-corrected chi connectivity index (χ1v) is 13.3. The van der Waals surface area contributed by atoms with E-state index in [1.165, 1.54) is 63.6 Å². The molecule has 0 spiro atoms. The highest BCUT2D eigenvalue weighted by Crippen LogP contribution is 2.27. The van der Waals surface area contributed by atoms with Gasteiger partial charge < -0.3 is 9.80 Å². The van der Waals surface area contributed by atoms with E-state index < -0.39 is 0 Å². The van der Waals surface area contributed by atoms with Gasteiger partial charge in [0, 0.05) is 33.5 Å². The number of hydrogen-bond donors (Lipinski definition) is 0. The third-order valence-electron chi connectivity index (χ3n) is 6.96. The van der Waals surface area contributed by atoms with Gasteiger partial charge in [0.1, 0.15) is 17.5 Å². The topological polar surface area (TPSA) is 48.3 Å². The van der Waals surface area contributed by atoms with Gasteiger partial charge in [-0.2, -0.15) is 0 Å². The van der Waals surface area contributed by atoms with Crippen LogP contribution in [0.4, 0.5) is 5.69 Å². The molecule has 2 aliphatic heterocycles. The standard InChI is InChI=1S/C12H15N3.C9H17NO.C8H16/c1-9-13-11-7-5-4-6-10(11)8-12(14-9)15(2)3;1-9(11)5-8-10-6-3-2-4-7-10;1-7-3-5-8(2)6-4-7/h4-7H,8H2,1-3H3;2-8H2,1H3;7-8H,3-6H2,1-2H3. The number of carbonyl (C=O) groups excluding carboxylic acids is 1. The second kappa shape index (κ2) is 15.1. The lowest BCUT2D eigenvalue weighted by Crippen LogP contribution is -2.31. The molecule has 0 amide bonds. The van der Waals surface area contributed by atoms with Crippen molar-refractivity contribution in [1.82, 2.24) is 9.80 Å². The van der Waals surface area contributed by atoms with E-state index in [1.807, 2.05) is 44.1 Å². The van der Waals surface area contributed by atoms with Crippen LogP contribution in [0.1, 0.15) is 84.6 Å². The summed E-state index contributed by atoms with van der Waals surface area (Å²) in [5, 5.41) is 0. The second-order valence-electron chi connectivity index (χ2n) is 10.6. The van der Waals surface area contributed by atoms with Crippen molar-refractivity contribution in [2.45, 2.75) is 85.5 Å². The van der Waals surface area contributed by atoms with E-state index in [-0.39, 0.29) is 0 Å². The van der Waals surface area contributed by atoms with Crippen LogP contribution in [0.25, 0.3) is 0 Å². The summed E-state index contributed by atoms with van der Waals surface area (Å²) in [5.74, 6) is 4.23. The first-order chi connectivity index (χ1) is 16.2. The van der Waals surface area contributed by atoms with E-state index in [9.17, 15) is 4.79 Å². The van der Waals surface area contributed by atoms with Crippen LogP contribution in [0.15, 0.2) is 34.3 Å². The molecular weight excluding hydrogens is 420 g/mol. The highest BCUT2D eigenvalue weighted by atomic mass is 16.1. The predicted octanol–water partition coefficient (Wildman–Crippen LogP) is 6.54. The number of piperidine rings is 1. The van der Waals surface area contributed by atoms with E-state index in [2.05, 4.69) is 34.8 Å². The molecule has 1 saturated heterocycles. The summed E-state index contributed by atoms with van der Waals surface area (Å²) >= 11 is 0. The van der Waals surface area contributed by atoms with Crippen molar-refractivity contribution in [3.05, 3.63) is 29.8 Å². The van der Waals surface area contributed by atoms with Gasteiger partial charge in [-0.25, -0.2) is 9.98 Å². The number of fused-ring (bicyclic) bond motifs is 1. The molecule has 1 saturated carbocycles. The van der Waals surface area contributed by atoms with Crippen LogP contribution in [0, 0.1) is 11.8 Å². The van der Waals surface area contributed by atoms with Gasteiger partial charge in [0.05, 0.1) is 5.69 Å². The number of likely N-dealkylation sites (N-methyl/N-ethyl adjacent to an activating group) is 1. The van der Waals surface area contributed by atoms with Crippen LogP contribution in [0.2, 0.25) is 0 Å². The Bertz CT molecular complexity index is 790. The highest BCUT2D eigenvalue weighted by molar-refractivity contribution is 5.99. The summed E-state index contributed by atoms with van der Waals surface area (Å²) in [7, 11) is 4.03. The van der Waals surface area contributed by atoms with Gasteiger partial charge in [0.15, 0.2) is 0 Å². The fourth-order valence-corrected chi connectivity index (χ4v) is 4.55. The number of nitrogens with zero attached hydrogens (tertiary/aromatic N) is 4. The van der Waals surface area contributed by atoms with Gasteiger partial charge in [-0.15, -0.1) is 0 Å². The first-order valence-electron chi connectivity index (χ1n) is 13.3. The number of likely N-dealkylation sites (tertiary alicyclic amines) is 1. The monoisotopic (exact) mass is 468 g/mol. The smallest absolute Gasteiger partial charge is 0.131 e. The lowest BCUT2D eigenvalue weighted by molar-refractivity contribution is -0.117. The number of ketones is 1. The third-order valence-corrected chi connectivity index (χ3v) is 6.96. The number of aliphatic imine (C=N–C) groups is 2. The summed E-state index contributed by atoms with van der Waals surface area (Å²) in [6.07, 6.45) is 11.5. The zero-order valence-corrected chi connectivity index (χ0v) is 22.6. The molecule has 1 aromatic rings. The number of rotatable bonds is 3. The molecule has 34 heavy (non-hydrogen) atoms. The van der Waals surface area contributed by atoms with E-state index in [0.717, 1.165) is 48.6 Å². The van der Waals surface area contributed by atoms with Crippen LogP contribution in [-0.2, 0) is 11.2 Å². The van der Waals surface area contributed by atoms with E-state index in [4.69, 9.17) is 0 Å². The minimum absolute atomic E-state index is 0.315. The van der Waals surface area contributed by atoms with Crippen LogP contribution in [0.5, 0.6) is 0 Å². The van der Waals surface area contributed by atoms with E-state index >= 15 is 0 Å². The van der Waals surface area contributed by atoms with Crippen molar-refractivity contribution in [2.24, 2.45) is 21.8 Å².